The molecule has 4 nitrogen and oxygen atoms in total. The lowest BCUT2D eigenvalue weighted by molar-refractivity contribution is -0.186. The van der Waals surface area contributed by atoms with E-state index in [4.69, 9.17) is 14.2 Å². The molecule has 2 heterocycles. The number of unbranched alkanes of at least 4 members (excludes halogenated alkanes) is 1. The van der Waals surface area contributed by atoms with Gasteiger partial charge in [-0.15, -0.1) is 23.5 Å². The predicted octanol–water partition coefficient (Wildman–Crippen LogP) is 5.70. The van der Waals surface area contributed by atoms with E-state index in [0.717, 1.165) is 30.3 Å². The Labute approximate surface area is 191 Å². The van der Waals surface area contributed by atoms with Crippen LogP contribution in [0, 0.1) is 17.3 Å². The van der Waals surface area contributed by atoms with Gasteiger partial charge in [-0.05, 0) is 37.7 Å². The van der Waals surface area contributed by atoms with Crippen molar-refractivity contribution < 1.29 is 19.0 Å². The van der Waals surface area contributed by atoms with Gasteiger partial charge in [-0.1, -0.05) is 39.7 Å². The molecule has 3 fully saturated rings. The number of thioether (sulfide) groups is 2. The van der Waals surface area contributed by atoms with Crippen molar-refractivity contribution in [3.05, 3.63) is 12.2 Å². The van der Waals surface area contributed by atoms with Crippen LogP contribution in [0.5, 0.6) is 0 Å². The molecular weight excluding hydrogens is 416 g/mol. The zero-order chi connectivity index (χ0) is 21.5. The molecule has 6 heteroatoms. The Morgan fingerprint density at radius 2 is 1.87 bits per heavy atom. The molecule has 3 rings (SSSR count). The molecule has 2 atom stereocenters. The quantitative estimate of drug-likeness (QED) is 0.277. The number of carbonyl (C=O) groups excluding carboxylic acids is 1. The Morgan fingerprint density at radius 1 is 1.17 bits per heavy atom. The standard InChI is InChI=1S/C24H40O4S2/c1-4-13-26-18-23(2,3)21(25)10-9-19-11-12-24(27-14-15-28-24)20(19)7-5-6-8-22-29-16-17-30-22/h9-10,19-20,22H,4-8,11-18H2,1-3H3/t19-,20+/m0/s1. The highest BCUT2D eigenvalue weighted by Gasteiger charge is 2.51. The Morgan fingerprint density at radius 3 is 2.57 bits per heavy atom. The van der Waals surface area contributed by atoms with Crippen molar-refractivity contribution in [2.75, 3.05) is 37.9 Å². The Balaban J connectivity index is 1.54. The van der Waals surface area contributed by atoms with Crippen LogP contribution < -0.4 is 0 Å². The van der Waals surface area contributed by atoms with E-state index in [1.807, 2.05) is 19.9 Å². The Bertz CT molecular complexity index is 566. The van der Waals surface area contributed by atoms with Gasteiger partial charge >= 0.3 is 0 Å². The van der Waals surface area contributed by atoms with Crippen LogP contribution in [0.3, 0.4) is 0 Å². The molecule has 30 heavy (non-hydrogen) atoms. The van der Waals surface area contributed by atoms with Gasteiger partial charge in [0.15, 0.2) is 11.6 Å². The van der Waals surface area contributed by atoms with Gasteiger partial charge in [0.2, 0.25) is 0 Å². The second-order valence-corrected chi connectivity index (χ2v) is 12.4. The lowest BCUT2D eigenvalue weighted by atomic mass is 9.85. The molecule has 0 N–H and O–H groups in total. The summed E-state index contributed by atoms with van der Waals surface area (Å²) < 4.78 is 18.7. The largest absolute Gasteiger partial charge is 0.380 e. The van der Waals surface area contributed by atoms with Crippen LogP contribution in [0.4, 0.5) is 0 Å². The molecule has 0 bridgehead atoms. The van der Waals surface area contributed by atoms with Crippen molar-refractivity contribution in [2.24, 2.45) is 17.3 Å². The summed E-state index contributed by atoms with van der Waals surface area (Å²) in [6.45, 7) is 8.62. The van der Waals surface area contributed by atoms with Crippen molar-refractivity contribution in [3.8, 4) is 0 Å². The van der Waals surface area contributed by atoms with E-state index >= 15 is 0 Å². The van der Waals surface area contributed by atoms with Crippen LogP contribution in [0.15, 0.2) is 12.2 Å². The number of allylic oxidation sites excluding steroid dienone is 2. The number of hydrogen-bond donors (Lipinski definition) is 0. The maximum atomic E-state index is 12.8. The van der Waals surface area contributed by atoms with Crippen molar-refractivity contribution in [1.29, 1.82) is 0 Å². The van der Waals surface area contributed by atoms with Gasteiger partial charge in [0.1, 0.15) is 0 Å². The maximum Gasteiger partial charge on any atom is 0.171 e. The molecule has 0 aromatic carbocycles. The van der Waals surface area contributed by atoms with Gasteiger partial charge in [-0.3, -0.25) is 4.79 Å². The first-order chi connectivity index (χ1) is 14.5. The van der Waals surface area contributed by atoms with Crippen LogP contribution in [0.1, 0.15) is 65.7 Å². The smallest absolute Gasteiger partial charge is 0.171 e. The number of carbonyl (C=O) groups is 1. The number of ketones is 1. The maximum absolute atomic E-state index is 12.8. The summed E-state index contributed by atoms with van der Waals surface area (Å²) in [5, 5.41) is 0. The van der Waals surface area contributed by atoms with Gasteiger partial charge in [-0.2, -0.15) is 0 Å². The molecule has 172 valence electrons. The Hall–Kier alpha value is -0.0100. The van der Waals surface area contributed by atoms with E-state index in [1.165, 1.54) is 30.8 Å². The van der Waals surface area contributed by atoms with Crippen LogP contribution >= 0.6 is 23.5 Å². The minimum absolute atomic E-state index is 0.154. The van der Waals surface area contributed by atoms with Crippen LogP contribution in [0.2, 0.25) is 0 Å². The molecule has 1 spiro atoms. The monoisotopic (exact) mass is 456 g/mol. The molecule has 0 aromatic rings. The van der Waals surface area contributed by atoms with Crippen molar-refractivity contribution >= 4 is 29.3 Å². The Kier molecular flexibility index (Phi) is 9.64. The van der Waals surface area contributed by atoms with Crippen LogP contribution in [0.25, 0.3) is 0 Å². The van der Waals surface area contributed by atoms with Gasteiger partial charge in [-0.25, -0.2) is 0 Å². The third-order valence-electron chi connectivity index (χ3n) is 6.55. The zero-order valence-corrected chi connectivity index (χ0v) is 20.7. The zero-order valence-electron chi connectivity index (χ0n) is 19.0. The minimum Gasteiger partial charge on any atom is -0.380 e. The van der Waals surface area contributed by atoms with Gasteiger partial charge in [0.25, 0.3) is 0 Å². The molecule has 0 amide bonds. The molecule has 1 saturated carbocycles. The molecule has 1 aliphatic carbocycles. The highest BCUT2D eigenvalue weighted by Crippen LogP contribution is 2.49. The van der Waals surface area contributed by atoms with Crippen molar-refractivity contribution in [2.45, 2.75) is 76.1 Å². The second-order valence-electron chi connectivity index (χ2n) is 9.43. The highest BCUT2D eigenvalue weighted by molar-refractivity contribution is 8.20. The SMILES string of the molecule is CCCOCC(C)(C)C(=O)C=C[C@H]1CCC2(OCCO2)[C@@H]1CCCCC1SCCS1. The van der Waals surface area contributed by atoms with E-state index < -0.39 is 11.2 Å². The number of hydrogen-bond acceptors (Lipinski definition) is 6. The predicted molar refractivity (Wildman–Crippen MR) is 127 cm³/mol. The highest BCUT2D eigenvalue weighted by atomic mass is 32.2. The van der Waals surface area contributed by atoms with E-state index in [9.17, 15) is 4.79 Å². The normalized spacial score (nSPS) is 27.0. The lowest BCUT2D eigenvalue weighted by Crippen LogP contribution is -2.36. The summed E-state index contributed by atoms with van der Waals surface area (Å²) in [6, 6.07) is 0. The summed E-state index contributed by atoms with van der Waals surface area (Å²) in [5.41, 5.74) is -0.478. The van der Waals surface area contributed by atoms with Crippen molar-refractivity contribution in [3.63, 3.8) is 0 Å². The molecule has 0 unspecified atom stereocenters. The first-order valence-electron chi connectivity index (χ1n) is 11.8. The van der Waals surface area contributed by atoms with Crippen LogP contribution in [-0.4, -0.2) is 54.1 Å². The molecule has 2 aliphatic heterocycles. The average Bonchev–Trinajstić information content (AvgIpc) is 3.47. The molecule has 2 saturated heterocycles. The molecular formula is C24H40O4S2. The number of rotatable bonds is 12. The first-order valence-corrected chi connectivity index (χ1v) is 13.9. The fraction of sp³-hybridized carbons (Fsp3) is 0.875. The second kappa shape index (κ2) is 11.7. The molecule has 0 radical (unpaired) electrons. The molecule has 3 aliphatic rings. The van der Waals surface area contributed by atoms with Crippen molar-refractivity contribution in [1.82, 2.24) is 0 Å². The fourth-order valence-electron chi connectivity index (χ4n) is 4.80. The minimum atomic E-state index is -0.478. The summed E-state index contributed by atoms with van der Waals surface area (Å²) in [6.07, 6.45) is 11.8. The summed E-state index contributed by atoms with van der Waals surface area (Å²) in [4.78, 5) is 12.8. The third-order valence-corrected chi connectivity index (χ3v) is 9.72. The topological polar surface area (TPSA) is 44.8 Å². The first kappa shape index (κ1) is 24.6. The van der Waals surface area contributed by atoms with Gasteiger partial charge in [0.05, 0.1) is 29.8 Å². The van der Waals surface area contributed by atoms with Gasteiger partial charge < -0.3 is 14.2 Å². The van der Waals surface area contributed by atoms with E-state index in [2.05, 4.69) is 36.5 Å². The lowest BCUT2D eigenvalue weighted by Gasteiger charge is -2.31. The van der Waals surface area contributed by atoms with E-state index in [0.29, 0.717) is 38.3 Å². The fourth-order valence-corrected chi connectivity index (χ4v) is 7.73. The van der Waals surface area contributed by atoms with E-state index in [1.54, 1.807) is 0 Å². The third kappa shape index (κ3) is 6.50. The van der Waals surface area contributed by atoms with Gasteiger partial charge in [0, 0.05) is 30.5 Å². The van der Waals surface area contributed by atoms with E-state index in [-0.39, 0.29) is 5.78 Å². The average molecular weight is 457 g/mol. The molecule has 0 aromatic heterocycles. The number of ether oxygens (including phenoxy) is 3. The van der Waals surface area contributed by atoms with Crippen LogP contribution in [-0.2, 0) is 19.0 Å². The summed E-state index contributed by atoms with van der Waals surface area (Å²) in [5.74, 6) is 3.07. The summed E-state index contributed by atoms with van der Waals surface area (Å²) >= 11 is 4.24. The summed E-state index contributed by atoms with van der Waals surface area (Å²) in [7, 11) is 0.